The lowest BCUT2D eigenvalue weighted by molar-refractivity contribution is 0.349. The van der Waals surface area contributed by atoms with E-state index in [0.717, 1.165) is 6.42 Å². The minimum atomic E-state index is -3.56. The molecule has 118 valence electrons. The lowest BCUT2D eigenvalue weighted by atomic mass is 9.90. The summed E-state index contributed by atoms with van der Waals surface area (Å²) in [6, 6.07) is 7.36. The Morgan fingerprint density at radius 3 is 2.77 bits per heavy atom. The molecular weight excluding hydrogens is 304 g/mol. The van der Waals surface area contributed by atoms with Crippen molar-refractivity contribution in [2.24, 2.45) is 11.1 Å². The number of fused-ring (bicyclic) bond motifs is 1. The molecule has 6 nitrogen and oxygen atoms in total. The molecule has 1 unspecified atom stereocenters. The topological polar surface area (TPSA) is 93.6 Å². The Balaban J connectivity index is 1.99. The first-order chi connectivity index (χ1) is 10.3. The third-order valence-corrected chi connectivity index (χ3v) is 6.09. The van der Waals surface area contributed by atoms with Crippen LogP contribution in [0.25, 0.3) is 11.0 Å². The van der Waals surface area contributed by atoms with Gasteiger partial charge in [0, 0.05) is 24.5 Å². The molecule has 0 radical (unpaired) electrons. The summed E-state index contributed by atoms with van der Waals surface area (Å²) in [5, 5.41) is 0.585. The van der Waals surface area contributed by atoms with Crippen LogP contribution < -0.4 is 11.4 Å². The van der Waals surface area contributed by atoms with Crippen molar-refractivity contribution in [3.05, 3.63) is 40.8 Å². The molecule has 2 aromatic rings. The second kappa shape index (κ2) is 5.19. The molecule has 1 aliphatic rings. The van der Waals surface area contributed by atoms with Crippen LogP contribution in [0.2, 0.25) is 0 Å². The summed E-state index contributed by atoms with van der Waals surface area (Å²) in [6.07, 6.45) is 0.755. The van der Waals surface area contributed by atoms with Crippen LogP contribution in [-0.2, 0) is 10.0 Å². The highest BCUT2D eigenvalue weighted by Gasteiger charge is 2.39. The van der Waals surface area contributed by atoms with Crippen LogP contribution in [0.15, 0.2) is 44.4 Å². The molecule has 0 bridgehead atoms. The van der Waals surface area contributed by atoms with Crippen molar-refractivity contribution in [2.45, 2.75) is 18.2 Å². The van der Waals surface area contributed by atoms with E-state index in [9.17, 15) is 13.2 Å². The van der Waals surface area contributed by atoms with Crippen molar-refractivity contribution in [2.75, 3.05) is 19.6 Å². The van der Waals surface area contributed by atoms with Gasteiger partial charge in [-0.05, 0) is 42.6 Å². The van der Waals surface area contributed by atoms with Crippen molar-refractivity contribution in [3.63, 3.8) is 0 Å². The van der Waals surface area contributed by atoms with Gasteiger partial charge in [0.05, 0.1) is 4.90 Å². The van der Waals surface area contributed by atoms with Gasteiger partial charge in [0.1, 0.15) is 5.58 Å². The van der Waals surface area contributed by atoms with Gasteiger partial charge in [-0.15, -0.1) is 0 Å². The maximum absolute atomic E-state index is 12.7. The van der Waals surface area contributed by atoms with Crippen molar-refractivity contribution in [3.8, 4) is 0 Å². The zero-order valence-electron chi connectivity index (χ0n) is 12.3. The molecule has 22 heavy (non-hydrogen) atoms. The number of nitrogens with zero attached hydrogens (tertiary/aromatic N) is 1. The zero-order valence-corrected chi connectivity index (χ0v) is 13.1. The molecule has 0 spiro atoms. The van der Waals surface area contributed by atoms with Crippen LogP contribution in [0.1, 0.15) is 13.3 Å². The van der Waals surface area contributed by atoms with Gasteiger partial charge >= 0.3 is 5.63 Å². The first-order valence-corrected chi connectivity index (χ1v) is 8.52. The van der Waals surface area contributed by atoms with Gasteiger partial charge in [-0.25, -0.2) is 13.2 Å². The Kier molecular flexibility index (Phi) is 3.58. The SMILES string of the molecule is CC1(CN)CCN(S(=O)(=O)c2ccc3oc(=O)ccc3c2)C1. The van der Waals surface area contributed by atoms with Crippen molar-refractivity contribution in [1.82, 2.24) is 4.31 Å². The van der Waals surface area contributed by atoms with E-state index < -0.39 is 15.6 Å². The van der Waals surface area contributed by atoms with Crippen molar-refractivity contribution >= 4 is 21.0 Å². The van der Waals surface area contributed by atoms with Crippen LogP contribution in [0.3, 0.4) is 0 Å². The van der Waals surface area contributed by atoms with Crippen LogP contribution in [0, 0.1) is 5.41 Å². The predicted octanol–water partition coefficient (Wildman–Crippen LogP) is 1.15. The van der Waals surface area contributed by atoms with Gasteiger partial charge < -0.3 is 10.2 Å². The molecule has 1 aliphatic heterocycles. The fraction of sp³-hybridized carbons (Fsp3) is 0.400. The van der Waals surface area contributed by atoms with Gasteiger partial charge in [0.25, 0.3) is 0 Å². The molecule has 7 heteroatoms. The average Bonchev–Trinajstić information content (AvgIpc) is 2.90. The maximum atomic E-state index is 12.7. The third-order valence-electron chi connectivity index (χ3n) is 4.24. The summed E-state index contributed by atoms with van der Waals surface area (Å²) < 4.78 is 32.0. The van der Waals surface area contributed by atoms with Crippen LogP contribution in [0.5, 0.6) is 0 Å². The average molecular weight is 322 g/mol. The Labute approximate surface area is 128 Å². The van der Waals surface area contributed by atoms with Crippen molar-refractivity contribution < 1.29 is 12.8 Å². The molecule has 1 fully saturated rings. The summed E-state index contributed by atoms with van der Waals surface area (Å²) in [4.78, 5) is 11.4. The molecule has 3 rings (SSSR count). The molecule has 0 amide bonds. The fourth-order valence-electron chi connectivity index (χ4n) is 2.71. The maximum Gasteiger partial charge on any atom is 0.336 e. The second-order valence-corrected chi connectivity index (χ2v) is 8.00. The smallest absolute Gasteiger partial charge is 0.336 e. The normalized spacial score (nSPS) is 23.2. The number of nitrogens with two attached hydrogens (primary N) is 1. The number of benzene rings is 1. The Hall–Kier alpha value is -1.70. The third kappa shape index (κ3) is 2.55. The van der Waals surface area contributed by atoms with Crippen LogP contribution in [-0.4, -0.2) is 32.4 Å². The molecule has 1 saturated heterocycles. The summed E-state index contributed by atoms with van der Waals surface area (Å²) >= 11 is 0. The van der Waals surface area contributed by atoms with Gasteiger partial charge in [-0.3, -0.25) is 0 Å². The van der Waals surface area contributed by atoms with Crippen molar-refractivity contribution in [1.29, 1.82) is 0 Å². The summed E-state index contributed by atoms with van der Waals surface area (Å²) in [5.74, 6) is 0. The minimum absolute atomic E-state index is 0.170. The van der Waals surface area contributed by atoms with Crippen LogP contribution >= 0.6 is 0 Å². The molecule has 1 atom stereocenters. The highest BCUT2D eigenvalue weighted by molar-refractivity contribution is 7.89. The molecule has 2 N–H and O–H groups in total. The molecule has 1 aromatic heterocycles. The number of sulfonamides is 1. The first-order valence-electron chi connectivity index (χ1n) is 7.08. The first kappa shape index (κ1) is 15.2. The Bertz CT molecular complexity index is 874. The number of rotatable bonds is 3. The number of hydrogen-bond donors (Lipinski definition) is 1. The van der Waals surface area contributed by atoms with Gasteiger partial charge in [0.2, 0.25) is 10.0 Å². The summed E-state index contributed by atoms with van der Waals surface area (Å²) in [7, 11) is -3.56. The predicted molar refractivity (Wildman–Crippen MR) is 83.0 cm³/mol. The lowest BCUT2D eigenvalue weighted by Gasteiger charge is -2.22. The van der Waals surface area contributed by atoms with E-state index in [2.05, 4.69) is 0 Å². The molecule has 0 aliphatic carbocycles. The summed E-state index contributed by atoms with van der Waals surface area (Å²) in [5.41, 5.74) is 5.49. The van der Waals surface area contributed by atoms with E-state index in [1.165, 1.54) is 28.6 Å². The lowest BCUT2D eigenvalue weighted by Crippen LogP contribution is -2.34. The van der Waals surface area contributed by atoms with Gasteiger partial charge in [0.15, 0.2) is 0 Å². The van der Waals surface area contributed by atoms with E-state index in [1.54, 1.807) is 6.07 Å². The Morgan fingerprint density at radius 1 is 1.32 bits per heavy atom. The molecular formula is C15H18N2O4S. The minimum Gasteiger partial charge on any atom is -0.423 e. The van der Waals surface area contributed by atoms with E-state index in [4.69, 9.17) is 10.2 Å². The molecule has 1 aromatic carbocycles. The Morgan fingerprint density at radius 2 is 2.09 bits per heavy atom. The van der Waals surface area contributed by atoms with Gasteiger partial charge in [-0.1, -0.05) is 6.92 Å². The van der Waals surface area contributed by atoms with E-state index >= 15 is 0 Å². The monoisotopic (exact) mass is 322 g/mol. The van der Waals surface area contributed by atoms with E-state index in [0.29, 0.717) is 30.6 Å². The highest BCUT2D eigenvalue weighted by Crippen LogP contribution is 2.33. The summed E-state index contributed by atoms with van der Waals surface area (Å²) in [6.45, 7) is 3.35. The molecule has 2 heterocycles. The standard InChI is InChI=1S/C15H18N2O4S/c1-15(9-16)6-7-17(10-15)22(19,20)12-3-4-13-11(8-12)2-5-14(18)21-13/h2-5,8H,6-7,9-10,16H2,1H3. The number of hydrogen-bond acceptors (Lipinski definition) is 5. The highest BCUT2D eigenvalue weighted by atomic mass is 32.2. The quantitative estimate of drug-likeness (QED) is 0.856. The van der Waals surface area contributed by atoms with Crippen LogP contribution in [0.4, 0.5) is 0 Å². The van der Waals surface area contributed by atoms with Gasteiger partial charge in [-0.2, -0.15) is 4.31 Å². The largest absolute Gasteiger partial charge is 0.423 e. The fourth-order valence-corrected chi connectivity index (χ4v) is 4.34. The molecule has 0 saturated carbocycles. The van der Waals surface area contributed by atoms with E-state index in [1.807, 2.05) is 6.92 Å². The zero-order chi connectivity index (χ0) is 16.0. The van der Waals surface area contributed by atoms with E-state index in [-0.39, 0.29) is 10.3 Å². The second-order valence-electron chi connectivity index (χ2n) is 6.06.